The number of ether oxygens (including phenoxy) is 1. The molecule has 1 amide bonds. The lowest BCUT2D eigenvalue weighted by atomic mass is 10.1. The van der Waals surface area contributed by atoms with Gasteiger partial charge in [-0.05, 0) is 69.3 Å². The van der Waals surface area contributed by atoms with E-state index in [9.17, 15) is 9.59 Å². The summed E-state index contributed by atoms with van der Waals surface area (Å²) in [6, 6.07) is 14.6. The number of carbonyl (C=O) groups is 2. The molecule has 2 aromatic carbocycles. The van der Waals surface area contributed by atoms with Crippen LogP contribution in [0.2, 0.25) is 0 Å². The fraction of sp³-hybridized carbons (Fsp3) is 0.300. The Morgan fingerprint density at radius 2 is 1.56 bits per heavy atom. The number of carbonyl (C=O) groups excluding carboxylic acids is 2. The number of nitrogens with one attached hydrogen (secondary N) is 1. The lowest BCUT2D eigenvalue weighted by Gasteiger charge is -2.27. The first-order valence-corrected chi connectivity index (χ1v) is 8.32. The molecule has 0 spiro atoms. The van der Waals surface area contributed by atoms with Crippen LogP contribution in [0.15, 0.2) is 48.5 Å². The van der Waals surface area contributed by atoms with Crippen LogP contribution in [0.3, 0.4) is 0 Å². The second-order valence-electron chi connectivity index (χ2n) is 5.95. The maximum atomic E-state index is 12.3. The van der Waals surface area contributed by atoms with E-state index in [-0.39, 0.29) is 5.91 Å². The van der Waals surface area contributed by atoms with Crippen molar-refractivity contribution in [1.29, 1.82) is 0 Å². The summed E-state index contributed by atoms with van der Waals surface area (Å²) in [5.74, 6) is -0.645. The van der Waals surface area contributed by atoms with E-state index in [0.29, 0.717) is 17.2 Å². The van der Waals surface area contributed by atoms with E-state index in [0.717, 1.165) is 17.9 Å². The van der Waals surface area contributed by atoms with Gasteiger partial charge in [0.2, 0.25) is 0 Å². The van der Waals surface area contributed by atoms with Gasteiger partial charge in [-0.2, -0.15) is 0 Å². The monoisotopic (exact) mass is 340 g/mol. The van der Waals surface area contributed by atoms with Gasteiger partial charge in [0.05, 0.1) is 12.7 Å². The van der Waals surface area contributed by atoms with Crippen molar-refractivity contribution in [2.45, 2.75) is 26.8 Å². The molecule has 0 bridgehead atoms. The Bertz CT molecular complexity index is 722. The molecule has 0 aliphatic heterocycles. The average Bonchev–Trinajstić information content (AvgIpc) is 2.63. The van der Waals surface area contributed by atoms with Gasteiger partial charge in [-0.1, -0.05) is 0 Å². The molecule has 5 heteroatoms. The van der Waals surface area contributed by atoms with Gasteiger partial charge in [-0.25, -0.2) is 4.79 Å². The first-order valence-electron chi connectivity index (χ1n) is 8.32. The highest BCUT2D eigenvalue weighted by Gasteiger charge is 2.11. The maximum Gasteiger partial charge on any atom is 0.337 e. The Kier molecular flexibility index (Phi) is 6.17. The zero-order chi connectivity index (χ0) is 18.4. The largest absolute Gasteiger partial charge is 0.465 e. The molecule has 0 saturated carbocycles. The van der Waals surface area contributed by atoms with Crippen LogP contribution >= 0.6 is 0 Å². The molecule has 0 saturated heterocycles. The van der Waals surface area contributed by atoms with Crippen LogP contribution in [-0.2, 0) is 4.74 Å². The predicted molar refractivity (Wildman–Crippen MR) is 100 cm³/mol. The molecule has 5 nitrogen and oxygen atoms in total. The van der Waals surface area contributed by atoms with E-state index in [1.54, 1.807) is 24.3 Å². The van der Waals surface area contributed by atoms with E-state index < -0.39 is 5.97 Å². The van der Waals surface area contributed by atoms with Gasteiger partial charge in [-0.3, -0.25) is 4.79 Å². The Balaban J connectivity index is 2.06. The summed E-state index contributed by atoms with van der Waals surface area (Å²) in [7, 11) is 1.32. The minimum absolute atomic E-state index is 0.222. The van der Waals surface area contributed by atoms with E-state index in [1.807, 2.05) is 24.3 Å². The smallest absolute Gasteiger partial charge is 0.337 e. The summed E-state index contributed by atoms with van der Waals surface area (Å²) in [4.78, 5) is 26.0. The molecule has 2 rings (SSSR count). The molecule has 0 unspecified atom stereocenters. The fourth-order valence-corrected chi connectivity index (χ4v) is 2.66. The normalized spacial score (nSPS) is 10.4. The van der Waals surface area contributed by atoms with Crippen molar-refractivity contribution >= 4 is 23.3 Å². The molecule has 2 aromatic rings. The van der Waals surface area contributed by atoms with Crippen molar-refractivity contribution in [3.05, 3.63) is 59.7 Å². The molecular weight excluding hydrogens is 316 g/mol. The summed E-state index contributed by atoms with van der Waals surface area (Å²) in [6.07, 6.45) is 0. The first kappa shape index (κ1) is 18.5. The SMILES string of the molecule is CCN(c1ccc(NC(=O)c2ccc(C(=O)OC)cc2)cc1)C(C)C. The number of hydrogen-bond acceptors (Lipinski definition) is 4. The van der Waals surface area contributed by atoms with Gasteiger partial charge >= 0.3 is 5.97 Å². The summed E-state index contributed by atoms with van der Waals surface area (Å²) < 4.78 is 4.65. The van der Waals surface area contributed by atoms with Crippen LogP contribution in [0.5, 0.6) is 0 Å². The average molecular weight is 340 g/mol. The lowest BCUT2D eigenvalue weighted by Crippen LogP contribution is -2.30. The second-order valence-corrected chi connectivity index (χ2v) is 5.95. The van der Waals surface area contributed by atoms with Gasteiger partial charge in [0, 0.05) is 29.5 Å². The Morgan fingerprint density at radius 1 is 1.00 bits per heavy atom. The van der Waals surface area contributed by atoms with Crippen molar-refractivity contribution in [3.63, 3.8) is 0 Å². The minimum atomic E-state index is -0.423. The molecule has 0 aromatic heterocycles. The molecule has 0 atom stereocenters. The number of benzene rings is 2. The van der Waals surface area contributed by atoms with E-state index in [2.05, 4.69) is 35.7 Å². The molecule has 0 fully saturated rings. The highest BCUT2D eigenvalue weighted by molar-refractivity contribution is 6.04. The van der Waals surface area contributed by atoms with Crippen LogP contribution in [-0.4, -0.2) is 31.6 Å². The molecular formula is C20H24N2O3. The third-order valence-corrected chi connectivity index (χ3v) is 3.99. The van der Waals surface area contributed by atoms with Crippen LogP contribution < -0.4 is 10.2 Å². The first-order chi connectivity index (χ1) is 12.0. The van der Waals surface area contributed by atoms with Crippen molar-refractivity contribution < 1.29 is 14.3 Å². The number of methoxy groups -OCH3 is 1. The molecule has 132 valence electrons. The Morgan fingerprint density at radius 3 is 2.04 bits per heavy atom. The van der Waals surface area contributed by atoms with Gasteiger partial charge < -0.3 is 15.0 Å². The van der Waals surface area contributed by atoms with Crippen molar-refractivity contribution in [2.75, 3.05) is 23.9 Å². The van der Waals surface area contributed by atoms with Crippen LogP contribution in [0, 0.1) is 0 Å². The van der Waals surface area contributed by atoms with Crippen LogP contribution in [0.4, 0.5) is 11.4 Å². The quantitative estimate of drug-likeness (QED) is 0.809. The minimum Gasteiger partial charge on any atom is -0.465 e. The lowest BCUT2D eigenvalue weighted by molar-refractivity contribution is 0.0600. The molecule has 0 heterocycles. The number of amides is 1. The highest BCUT2D eigenvalue weighted by atomic mass is 16.5. The van der Waals surface area contributed by atoms with Gasteiger partial charge in [0.15, 0.2) is 0 Å². The maximum absolute atomic E-state index is 12.3. The summed E-state index contributed by atoms with van der Waals surface area (Å²) in [5.41, 5.74) is 2.74. The number of esters is 1. The summed E-state index contributed by atoms with van der Waals surface area (Å²) in [6.45, 7) is 7.35. The molecule has 0 aliphatic carbocycles. The van der Waals surface area contributed by atoms with Crippen molar-refractivity contribution in [3.8, 4) is 0 Å². The van der Waals surface area contributed by atoms with Gasteiger partial charge in [-0.15, -0.1) is 0 Å². The highest BCUT2D eigenvalue weighted by Crippen LogP contribution is 2.20. The van der Waals surface area contributed by atoms with Gasteiger partial charge in [0.25, 0.3) is 5.91 Å². The zero-order valence-electron chi connectivity index (χ0n) is 15.1. The third kappa shape index (κ3) is 4.59. The number of hydrogen-bond donors (Lipinski definition) is 1. The predicted octanol–water partition coefficient (Wildman–Crippen LogP) is 3.96. The molecule has 0 aliphatic rings. The van der Waals surface area contributed by atoms with E-state index in [1.165, 1.54) is 7.11 Å². The molecule has 1 N–H and O–H groups in total. The zero-order valence-corrected chi connectivity index (χ0v) is 15.1. The number of anilines is 2. The standard InChI is InChI=1S/C20H24N2O3/c1-5-22(14(2)3)18-12-10-17(11-13-18)21-19(23)15-6-8-16(9-7-15)20(24)25-4/h6-14H,5H2,1-4H3,(H,21,23). The van der Waals surface area contributed by atoms with Gasteiger partial charge in [0.1, 0.15) is 0 Å². The van der Waals surface area contributed by atoms with Crippen LogP contribution in [0.25, 0.3) is 0 Å². The number of rotatable bonds is 6. The Labute approximate surface area is 148 Å². The second kappa shape index (κ2) is 8.33. The number of nitrogens with zero attached hydrogens (tertiary/aromatic N) is 1. The van der Waals surface area contributed by atoms with E-state index >= 15 is 0 Å². The summed E-state index contributed by atoms with van der Waals surface area (Å²) >= 11 is 0. The fourth-order valence-electron chi connectivity index (χ4n) is 2.66. The van der Waals surface area contributed by atoms with Crippen LogP contribution in [0.1, 0.15) is 41.5 Å². The molecule has 25 heavy (non-hydrogen) atoms. The summed E-state index contributed by atoms with van der Waals surface area (Å²) in [5, 5.41) is 2.86. The van der Waals surface area contributed by atoms with Crippen molar-refractivity contribution in [1.82, 2.24) is 0 Å². The van der Waals surface area contributed by atoms with E-state index in [4.69, 9.17) is 0 Å². The molecule has 0 radical (unpaired) electrons. The Hall–Kier alpha value is -2.82. The third-order valence-electron chi connectivity index (χ3n) is 3.99. The topological polar surface area (TPSA) is 58.6 Å². The van der Waals surface area contributed by atoms with Crippen molar-refractivity contribution in [2.24, 2.45) is 0 Å².